The molecule has 0 aromatic heterocycles. The van der Waals surface area contributed by atoms with Gasteiger partial charge in [-0.3, -0.25) is 0 Å². The van der Waals surface area contributed by atoms with E-state index in [9.17, 15) is 5.11 Å². The van der Waals surface area contributed by atoms with Gasteiger partial charge in [-0.05, 0) is 55.7 Å². The van der Waals surface area contributed by atoms with Gasteiger partial charge in [-0.2, -0.15) is 10.2 Å². The van der Waals surface area contributed by atoms with Gasteiger partial charge in [0.1, 0.15) is 11.5 Å². The van der Waals surface area contributed by atoms with E-state index in [0.29, 0.717) is 28.4 Å². The van der Waals surface area contributed by atoms with E-state index >= 15 is 0 Å². The van der Waals surface area contributed by atoms with Gasteiger partial charge in [0.15, 0.2) is 0 Å². The molecule has 2 atom stereocenters. The summed E-state index contributed by atoms with van der Waals surface area (Å²) in [6, 6.07) is 5.15. The van der Waals surface area contributed by atoms with Gasteiger partial charge < -0.3 is 9.84 Å². The molecule has 0 radical (unpaired) electrons. The van der Waals surface area contributed by atoms with Gasteiger partial charge >= 0.3 is 0 Å². The zero-order chi connectivity index (χ0) is 16.8. The number of phenolic OH excluding ortho intramolecular Hbond substituents is 1. The predicted molar refractivity (Wildman–Crippen MR) is 93.5 cm³/mol. The van der Waals surface area contributed by atoms with Crippen LogP contribution in [0.1, 0.15) is 52.5 Å². The van der Waals surface area contributed by atoms with Crippen LogP contribution in [0, 0.1) is 16.7 Å². The first-order valence-electron chi connectivity index (χ1n) is 8.28. The van der Waals surface area contributed by atoms with Crippen molar-refractivity contribution in [3.63, 3.8) is 0 Å². The molecular formula is C19H26N2O2. The maximum Gasteiger partial charge on any atom is 0.124 e. The van der Waals surface area contributed by atoms with E-state index in [1.54, 1.807) is 25.3 Å². The lowest BCUT2D eigenvalue weighted by atomic mass is 9.70. The molecule has 2 bridgehead atoms. The number of rotatable bonds is 3. The molecule has 2 saturated carbocycles. The van der Waals surface area contributed by atoms with E-state index in [-0.39, 0.29) is 11.2 Å². The quantitative estimate of drug-likeness (QED) is 0.663. The Hall–Kier alpha value is -1.84. The highest BCUT2D eigenvalue weighted by atomic mass is 16.5. The zero-order valence-corrected chi connectivity index (χ0v) is 14.7. The van der Waals surface area contributed by atoms with Crippen molar-refractivity contribution in [3.8, 4) is 11.5 Å². The summed E-state index contributed by atoms with van der Waals surface area (Å²) < 4.78 is 5.22. The summed E-state index contributed by atoms with van der Waals surface area (Å²) in [5, 5.41) is 19.1. The summed E-state index contributed by atoms with van der Waals surface area (Å²) in [5.41, 5.74) is 3.03. The van der Waals surface area contributed by atoms with E-state index in [1.165, 1.54) is 18.6 Å². The van der Waals surface area contributed by atoms with Gasteiger partial charge in [-0.1, -0.05) is 20.8 Å². The summed E-state index contributed by atoms with van der Waals surface area (Å²) >= 11 is 0. The minimum absolute atomic E-state index is 0.151. The molecule has 4 nitrogen and oxygen atoms in total. The van der Waals surface area contributed by atoms with Crippen LogP contribution in [-0.4, -0.2) is 23.6 Å². The number of ether oxygens (including phenoxy) is 1. The molecule has 0 heterocycles. The van der Waals surface area contributed by atoms with Crippen LogP contribution in [0.4, 0.5) is 0 Å². The van der Waals surface area contributed by atoms with Crippen molar-refractivity contribution in [2.75, 3.05) is 7.11 Å². The largest absolute Gasteiger partial charge is 0.507 e. The number of nitrogens with zero attached hydrogens (tertiary/aromatic N) is 2. The topological polar surface area (TPSA) is 54.2 Å². The van der Waals surface area contributed by atoms with Crippen molar-refractivity contribution in [1.82, 2.24) is 0 Å². The summed E-state index contributed by atoms with van der Waals surface area (Å²) in [6.07, 6.45) is 3.54. The molecule has 2 aliphatic carbocycles. The molecule has 4 heteroatoms. The summed E-state index contributed by atoms with van der Waals surface area (Å²) in [7, 11) is 1.61. The smallest absolute Gasteiger partial charge is 0.124 e. The molecule has 0 aliphatic heterocycles. The lowest BCUT2D eigenvalue weighted by Gasteiger charge is -2.34. The number of fused-ring (bicyclic) bond motifs is 2. The average Bonchev–Trinajstić information content (AvgIpc) is 2.86. The lowest BCUT2D eigenvalue weighted by Crippen LogP contribution is -2.32. The Kier molecular flexibility index (Phi) is 3.74. The van der Waals surface area contributed by atoms with Crippen molar-refractivity contribution in [3.05, 3.63) is 23.8 Å². The molecule has 124 valence electrons. The molecule has 1 aromatic rings. The van der Waals surface area contributed by atoms with E-state index in [0.717, 1.165) is 6.42 Å². The number of aromatic hydroxyl groups is 1. The molecule has 1 N–H and O–H groups in total. The van der Waals surface area contributed by atoms with Gasteiger partial charge in [-0.25, -0.2) is 0 Å². The Morgan fingerprint density at radius 3 is 2.61 bits per heavy atom. The Balaban J connectivity index is 1.92. The number of hydrogen-bond acceptors (Lipinski definition) is 4. The number of hydrogen-bond donors (Lipinski definition) is 1. The molecule has 0 amide bonds. The zero-order valence-electron chi connectivity index (χ0n) is 14.7. The van der Waals surface area contributed by atoms with Crippen LogP contribution in [0.5, 0.6) is 11.5 Å². The minimum Gasteiger partial charge on any atom is -0.507 e. The van der Waals surface area contributed by atoms with Crippen LogP contribution in [0.3, 0.4) is 0 Å². The van der Waals surface area contributed by atoms with Crippen LogP contribution >= 0.6 is 0 Å². The molecular weight excluding hydrogens is 288 g/mol. The molecule has 2 aliphatic rings. The summed E-state index contributed by atoms with van der Waals surface area (Å²) in [6.45, 7) is 8.92. The van der Waals surface area contributed by atoms with E-state index < -0.39 is 0 Å². The van der Waals surface area contributed by atoms with E-state index in [1.807, 2.05) is 6.92 Å². The number of methoxy groups -OCH3 is 1. The van der Waals surface area contributed by atoms with Crippen molar-refractivity contribution >= 4 is 11.4 Å². The standard InChI is InChI=1S/C19H26N2O2/c1-12(15-11-14(23-5)6-7-16(15)22)20-21-17-10-13-8-9-19(17,4)18(13,2)3/h6-7,11,13,22H,8-10H2,1-5H3/b20-12+,21-17+. The molecule has 2 fully saturated rings. The molecule has 2 unspecified atom stereocenters. The first-order valence-corrected chi connectivity index (χ1v) is 8.28. The molecule has 23 heavy (non-hydrogen) atoms. The second-order valence-corrected chi connectivity index (χ2v) is 7.61. The first-order chi connectivity index (χ1) is 10.8. The second-order valence-electron chi connectivity index (χ2n) is 7.61. The minimum atomic E-state index is 0.151. The normalized spacial score (nSPS) is 30.9. The SMILES string of the molecule is COc1ccc(O)c(/C(C)=N/N=C2\CC3CCC2(C)C3(C)C)c1. The maximum absolute atomic E-state index is 10.0. The fraction of sp³-hybridized carbons (Fsp3) is 0.579. The van der Waals surface area contributed by atoms with Gasteiger partial charge in [-0.15, -0.1) is 0 Å². The third kappa shape index (κ3) is 2.35. The van der Waals surface area contributed by atoms with Gasteiger partial charge in [0.25, 0.3) is 0 Å². The van der Waals surface area contributed by atoms with Gasteiger partial charge in [0.05, 0.1) is 12.8 Å². The monoisotopic (exact) mass is 314 g/mol. The lowest BCUT2D eigenvalue weighted by molar-refractivity contribution is 0.194. The van der Waals surface area contributed by atoms with Crippen molar-refractivity contribution in [1.29, 1.82) is 0 Å². The van der Waals surface area contributed by atoms with Crippen LogP contribution in [0.15, 0.2) is 28.4 Å². The van der Waals surface area contributed by atoms with Crippen LogP contribution in [0.25, 0.3) is 0 Å². The highest BCUT2D eigenvalue weighted by molar-refractivity contribution is 6.02. The maximum atomic E-state index is 10.0. The summed E-state index contributed by atoms with van der Waals surface area (Å²) in [5.74, 6) is 1.62. The fourth-order valence-electron chi connectivity index (χ4n) is 4.20. The third-order valence-corrected chi connectivity index (χ3v) is 6.43. The van der Waals surface area contributed by atoms with Crippen molar-refractivity contribution in [2.45, 2.75) is 47.0 Å². The van der Waals surface area contributed by atoms with Gasteiger partial charge in [0.2, 0.25) is 0 Å². The van der Waals surface area contributed by atoms with Crippen LogP contribution < -0.4 is 4.74 Å². The Morgan fingerprint density at radius 2 is 2.04 bits per heavy atom. The Labute approximate surface area is 138 Å². The Morgan fingerprint density at radius 1 is 1.30 bits per heavy atom. The van der Waals surface area contributed by atoms with Crippen LogP contribution in [-0.2, 0) is 0 Å². The van der Waals surface area contributed by atoms with E-state index in [2.05, 4.69) is 31.0 Å². The summed E-state index contributed by atoms with van der Waals surface area (Å²) in [4.78, 5) is 0. The second kappa shape index (κ2) is 5.36. The number of phenols is 1. The van der Waals surface area contributed by atoms with Crippen LogP contribution in [0.2, 0.25) is 0 Å². The highest BCUT2D eigenvalue weighted by Crippen LogP contribution is 2.64. The fourth-order valence-corrected chi connectivity index (χ4v) is 4.20. The average molecular weight is 314 g/mol. The first kappa shape index (κ1) is 16.0. The predicted octanol–water partition coefficient (Wildman–Crippen LogP) is 4.41. The third-order valence-electron chi connectivity index (χ3n) is 6.43. The number of benzene rings is 1. The van der Waals surface area contributed by atoms with Gasteiger partial charge in [0, 0.05) is 16.7 Å². The molecule has 0 saturated heterocycles. The van der Waals surface area contributed by atoms with Crippen molar-refractivity contribution < 1.29 is 9.84 Å². The Bertz CT molecular complexity index is 691. The van der Waals surface area contributed by atoms with Crippen molar-refractivity contribution in [2.24, 2.45) is 27.0 Å². The van der Waals surface area contributed by atoms with E-state index in [4.69, 9.17) is 4.74 Å². The molecule has 1 aromatic carbocycles. The highest BCUT2D eigenvalue weighted by Gasteiger charge is 2.59. The molecule has 0 spiro atoms. The molecule has 3 rings (SSSR count).